The first kappa shape index (κ1) is 14.2. The van der Waals surface area contributed by atoms with Crippen LogP contribution in [-0.2, 0) is 9.59 Å². The van der Waals surface area contributed by atoms with E-state index in [1.165, 1.54) is 4.90 Å². The predicted molar refractivity (Wildman–Crippen MR) is 75.7 cm³/mol. The number of rotatable bonds is 4. The van der Waals surface area contributed by atoms with E-state index in [2.05, 4.69) is 5.32 Å². The van der Waals surface area contributed by atoms with E-state index in [1.54, 1.807) is 36.0 Å². The van der Waals surface area contributed by atoms with Crippen LogP contribution in [0.1, 0.15) is 0 Å². The Morgan fingerprint density at radius 1 is 1.42 bits per heavy atom. The maximum absolute atomic E-state index is 12.3. The zero-order valence-corrected chi connectivity index (χ0v) is 11.6. The number of carbonyl (C=O) groups is 2. The van der Waals surface area contributed by atoms with Gasteiger partial charge in [-0.05, 0) is 24.3 Å². The van der Waals surface area contributed by atoms with Gasteiger partial charge < -0.3 is 5.11 Å². The number of anilines is 1. The first-order valence-corrected chi connectivity index (χ1v) is 7.21. The number of nitrogens with zero attached hydrogens (tertiary/aromatic N) is 1. The molecule has 0 bridgehead atoms. The zero-order valence-electron chi connectivity index (χ0n) is 10.0. The first-order chi connectivity index (χ1) is 9.08. The first-order valence-electron chi connectivity index (χ1n) is 5.68. The van der Waals surface area contributed by atoms with Crippen LogP contribution in [0.4, 0.5) is 5.69 Å². The van der Waals surface area contributed by atoms with Crippen molar-refractivity contribution >= 4 is 40.9 Å². The molecule has 1 amide bonds. The molecule has 1 aromatic carbocycles. The Bertz CT molecular complexity index is 474. The number of thioether (sulfide) groups is 1. The average Bonchev–Trinajstić information content (AvgIpc) is 2.90. The normalized spacial score (nSPS) is 18.3. The van der Waals surface area contributed by atoms with E-state index in [-0.39, 0.29) is 18.5 Å². The molecule has 1 aliphatic heterocycles. The summed E-state index contributed by atoms with van der Waals surface area (Å²) in [6, 6.07) is 6.22. The molecule has 5 nitrogen and oxygen atoms in total. The smallest absolute Gasteiger partial charge is 0.323 e. The molecule has 1 fully saturated rings. The van der Waals surface area contributed by atoms with Crippen LogP contribution in [-0.4, -0.2) is 41.2 Å². The Morgan fingerprint density at radius 3 is 2.63 bits per heavy atom. The van der Waals surface area contributed by atoms with Crippen molar-refractivity contribution in [2.75, 3.05) is 23.1 Å². The van der Waals surface area contributed by atoms with Gasteiger partial charge in [-0.1, -0.05) is 11.6 Å². The third-order valence-corrected chi connectivity index (χ3v) is 3.90. The van der Waals surface area contributed by atoms with Crippen molar-refractivity contribution in [3.8, 4) is 0 Å². The van der Waals surface area contributed by atoms with E-state index in [1.807, 2.05) is 0 Å². The van der Waals surface area contributed by atoms with Gasteiger partial charge in [0.2, 0.25) is 5.91 Å². The molecule has 1 aromatic rings. The van der Waals surface area contributed by atoms with Crippen molar-refractivity contribution in [1.29, 1.82) is 0 Å². The maximum Gasteiger partial charge on any atom is 0.323 e. The highest BCUT2D eigenvalue weighted by atomic mass is 35.5. The van der Waals surface area contributed by atoms with Crippen LogP contribution in [0, 0.1) is 0 Å². The van der Waals surface area contributed by atoms with Crippen molar-refractivity contribution in [2.24, 2.45) is 0 Å². The Morgan fingerprint density at radius 2 is 2.11 bits per heavy atom. The molecule has 19 heavy (non-hydrogen) atoms. The lowest BCUT2D eigenvalue weighted by molar-refractivity contribution is -0.136. The predicted octanol–water partition coefficient (Wildman–Crippen LogP) is 1.42. The van der Waals surface area contributed by atoms with Crippen molar-refractivity contribution in [1.82, 2.24) is 5.32 Å². The van der Waals surface area contributed by atoms with Crippen LogP contribution in [0.25, 0.3) is 0 Å². The molecule has 102 valence electrons. The van der Waals surface area contributed by atoms with Crippen molar-refractivity contribution < 1.29 is 14.7 Å². The van der Waals surface area contributed by atoms with Gasteiger partial charge in [-0.3, -0.25) is 19.8 Å². The second kappa shape index (κ2) is 6.27. The summed E-state index contributed by atoms with van der Waals surface area (Å²) in [6.45, 7) is -0.358. The topological polar surface area (TPSA) is 69.6 Å². The fourth-order valence-corrected chi connectivity index (χ4v) is 2.85. The molecule has 1 heterocycles. The monoisotopic (exact) mass is 300 g/mol. The van der Waals surface area contributed by atoms with E-state index >= 15 is 0 Å². The standard InChI is InChI=1S/C12H13ClN2O3S/c13-8-1-3-9(4-2-8)15(5-11(16)17)12(18)10-6-19-7-14-10/h1-4,10,14H,5-7H2,(H,16,17). The van der Waals surface area contributed by atoms with Gasteiger partial charge >= 0.3 is 5.97 Å². The second-order valence-electron chi connectivity index (χ2n) is 4.07. The quantitative estimate of drug-likeness (QED) is 0.880. The Hall–Kier alpha value is -1.24. The summed E-state index contributed by atoms with van der Waals surface area (Å²) in [7, 11) is 0. The summed E-state index contributed by atoms with van der Waals surface area (Å²) in [6.07, 6.45) is 0. The molecule has 0 aromatic heterocycles. The minimum atomic E-state index is -1.05. The molecule has 0 spiro atoms. The van der Waals surface area contributed by atoms with Crippen molar-refractivity contribution in [2.45, 2.75) is 6.04 Å². The summed E-state index contributed by atoms with van der Waals surface area (Å²) in [5, 5.41) is 12.5. The van der Waals surface area contributed by atoms with Gasteiger partial charge in [0, 0.05) is 22.3 Å². The number of halogens is 1. The van der Waals surface area contributed by atoms with Gasteiger partial charge in [-0.25, -0.2) is 0 Å². The van der Waals surface area contributed by atoms with Crippen molar-refractivity contribution in [3.05, 3.63) is 29.3 Å². The summed E-state index contributed by atoms with van der Waals surface area (Å²) in [5.41, 5.74) is 0.538. The highest BCUT2D eigenvalue weighted by molar-refractivity contribution is 7.99. The van der Waals surface area contributed by atoms with Gasteiger partial charge in [0.1, 0.15) is 6.54 Å². The van der Waals surface area contributed by atoms with Crippen molar-refractivity contribution in [3.63, 3.8) is 0 Å². The molecular formula is C12H13ClN2O3S. The third-order valence-electron chi connectivity index (χ3n) is 2.71. The number of nitrogens with one attached hydrogen (secondary N) is 1. The van der Waals surface area contributed by atoms with Crippen LogP contribution < -0.4 is 10.2 Å². The molecule has 1 saturated heterocycles. The van der Waals surface area contributed by atoms with E-state index in [0.717, 1.165) is 0 Å². The highest BCUT2D eigenvalue weighted by Gasteiger charge is 2.29. The Kier molecular flexibility index (Phi) is 4.68. The highest BCUT2D eigenvalue weighted by Crippen LogP contribution is 2.20. The molecule has 1 aliphatic rings. The lowest BCUT2D eigenvalue weighted by atomic mass is 10.2. The fourth-order valence-electron chi connectivity index (χ4n) is 1.79. The van der Waals surface area contributed by atoms with Gasteiger partial charge in [0.15, 0.2) is 0 Å². The number of hydrogen-bond donors (Lipinski definition) is 2. The van der Waals surface area contributed by atoms with Crippen LogP contribution in [0.2, 0.25) is 5.02 Å². The number of benzene rings is 1. The van der Waals surface area contributed by atoms with Gasteiger partial charge in [-0.15, -0.1) is 11.8 Å². The average molecular weight is 301 g/mol. The summed E-state index contributed by atoms with van der Waals surface area (Å²) in [4.78, 5) is 24.5. The zero-order chi connectivity index (χ0) is 13.8. The number of amides is 1. The fraction of sp³-hybridized carbons (Fsp3) is 0.333. The van der Waals surface area contributed by atoms with Gasteiger partial charge in [-0.2, -0.15) is 0 Å². The molecule has 2 N–H and O–H groups in total. The molecule has 7 heteroatoms. The lowest BCUT2D eigenvalue weighted by Gasteiger charge is -2.24. The largest absolute Gasteiger partial charge is 0.480 e. The summed E-state index contributed by atoms with van der Waals surface area (Å²) < 4.78 is 0. The Labute approximate surface area is 119 Å². The number of carboxylic acid groups (broad SMARTS) is 1. The number of carbonyl (C=O) groups excluding carboxylic acids is 1. The molecule has 0 saturated carbocycles. The van der Waals surface area contributed by atoms with Gasteiger partial charge in [0.25, 0.3) is 0 Å². The SMILES string of the molecule is O=C(O)CN(C(=O)C1CSCN1)c1ccc(Cl)cc1. The van der Waals surface area contributed by atoms with E-state index < -0.39 is 5.97 Å². The van der Waals surface area contributed by atoms with Crippen LogP contribution in [0.3, 0.4) is 0 Å². The summed E-state index contributed by atoms with van der Waals surface area (Å²) in [5.74, 6) is 0.0872. The molecule has 1 unspecified atom stereocenters. The number of aliphatic carboxylic acids is 1. The van der Waals surface area contributed by atoms with Crippen LogP contribution >= 0.6 is 23.4 Å². The molecule has 0 radical (unpaired) electrons. The third kappa shape index (κ3) is 3.62. The number of hydrogen-bond acceptors (Lipinski definition) is 4. The molecule has 2 rings (SSSR count). The summed E-state index contributed by atoms with van der Waals surface area (Å²) >= 11 is 7.41. The minimum absolute atomic E-state index is 0.227. The number of carboxylic acids is 1. The van der Waals surface area contributed by atoms with Gasteiger partial charge in [0.05, 0.1) is 6.04 Å². The minimum Gasteiger partial charge on any atom is -0.480 e. The van der Waals surface area contributed by atoms with E-state index in [4.69, 9.17) is 16.7 Å². The van der Waals surface area contributed by atoms with E-state index in [9.17, 15) is 9.59 Å². The van der Waals surface area contributed by atoms with E-state index in [0.29, 0.717) is 22.3 Å². The van der Waals surface area contributed by atoms with Crippen LogP contribution in [0.15, 0.2) is 24.3 Å². The van der Waals surface area contributed by atoms with Crippen LogP contribution in [0.5, 0.6) is 0 Å². The molecule has 0 aliphatic carbocycles. The molecular weight excluding hydrogens is 288 g/mol. The maximum atomic E-state index is 12.3. The Balaban J connectivity index is 2.21. The second-order valence-corrected chi connectivity index (χ2v) is 5.53. The lowest BCUT2D eigenvalue weighted by Crippen LogP contribution is -2.47. The molecule has 1 atom stereocenters.